The van der Waals surface area contributed by atoms with Crippen LogP contribution in [0.5, 0.6) is 0 Å². The summed E-state index contributed by atoms with van der Waals surface area (Å²) in [7, 11) is 0. The molecule has 0 radical (unpaired) electrons. The van der Waals surface area contributed by atoms with Crippen LogP contribution in [-0.4, -0.2) is 34.6 Å². The van der Waals surface area contributed by atoms with Crippen LogP contribution in [0.2, 0.25) is 0 Å². The fourth-order valence-corrected chi connectivity index (χ4v) is 1.72. The van der Waals surface area contributed by atoms with E-state index in [0.29, 0.717) is 6.42 Å². The van der Waals surface area contributed by atoms with Crippen molar-refractivity contribution in [3.05, 3.63) is 29.3 Å². The lowest BCUT2D eigenvalue weighted by Crippen LogP contribution is -2.44. The molecule has 7 heteroatoms. The second-order valence-electron chi connectivity index (χ2n) is 4.79. The van der Waals surface area contributed by atoms with Gasteiger partial charge in [0.2, 0.25) is 0 Å². The van der Waals surface area contributed by atoms with Crippen LogP contribution >= 0.6 is 0 Å². The van der Waals surface area contributed by atoms with Crippen molar-refractivity contribution in [2.24, 2.45) is 0 Å². The molecule has 0 aliphatic rings. The van der Waals surface area contributed by atoms with E-state index in [9.17, 15) is 18.4 Å². The van der Waals surface area contributed by atoms with Crippen LogP contribution in [-0.2, 0) is 4.79 Å². The molecule has 116 valence electrons. The summed E-state index contributed by atoms with van der Waals surface area (Å²) in [4.78, 5) is 23.9. The zero-order valence-electron chi connectivity index (χ0n) is 12.1. The maximum atomic E-state index is 13.7. The van der Waals surface area contributed by atoms with Gasteiger partial charge in [0.1, 0.15) is 18.2 Å². The zero-order valence-corrected chi connectivity index (χ0v) is 12.1. The highest BCUT2D eigenvalue weighted by atomic mass is 19.1. The number of rotatable bonds is 5. The molecule has 1 unspecified atom stereocenters. The monoisotopic (exact) mass is 300 g/mol. The van der Waals surface area contributed by atoms with E-state index < -0.39 is 30.2 Å². The minimum Gasteiger partial charge on any atom is -0.480 e. The van der Waals surface area contributed by atoms with Gasteiger partial charge in [0.05, 0.1) is 5.69 Å². The Balaban J connectivity index is 2.96. The third-order valence-corrected chi connectivity index (χ3v) is 3.18. The highest BCUT2D eigenvalue weighted by molar-refractivity contribution is 5.91. The number of carbonyl (C=O) groups is 2. The summed E-state index contributed by atoms with van der Waals surface area (Å²) in [6, 6.07) is 0.710. The number of carboxylic acids is 1. The molecular formula is C14H18F2N2O3. The van der Waals surface area contributed by atoms with Gasteiger partial charge in [-0.25, -0.2) is 13.6 Å². The highest BCUT2D eigenvalue weighted by Gasteiger charge is 2.22. The standard InChI is InChI=1S/C14H18F2N2O3/c1-4-9(3)18(7-13(19)20)14(21)17-12-6-10(15)8(2)5-11(12)16/h5-6,9H,4,7H2,1-3H3,(H,17,21)(H,19,20). The smallest absolute Gasteiger partial charge is 0.323 e. The maximum Gasteiger partial charge on any atom is 0.323 e. The first kappa shape index (κ1) is 16.9. The van der Waals surface area contributed by atoms with Crippen LogP contribution in [0.3, 0.4) is 0 Å². The van der Waals surface area contributed by atoms with E-state index in [4.69, 9.17) is 5.11 Å². The number of nitrogens with one attached hydrogen (secondary N) is 1. The Hall–Kier alpha value is -2.18. The highest BCUT2D eigenvalue weighted by Crippen LogP contribution is 2.19. The van der Waals surface area contributed by atoms with Crippen LogP contribution < -0.4 is 5.32 Å². The average molecular weight is 300 g/mol. The number of aliphatic carboxylic acids is 1. The molecule has 1 aromatic rings. The van der Waals surface area contributed by atoms with Crippen LogP contribution in [0.25, 0.3) is 0 Å². The quantitative estimate of drug-likeness (QED) is 0.878. The van der Waals surface area contributed by atoms with Crippen molar-refractivity contribution in [1.82, 2.24) is 4.90 Å². The second kappa shape index (κ2) is 7.01. The van der Waals surface area contributed by atoms with Gasteiger partial charge in [0.15, 0.2) is 0 Å². The topological polar surface area (TPSA) is 69.6 Å². The molecule has 0 spiro atoms. The molecule has 5 nitrogen and oxygen atoms in total. The van der Waals surface area contributed by atoms with Crippen LogP contribution in [0, 0.1) is 18.6 Å². The summed E-state index contributed by atoms with van der Waals surface area (Å²) in [5.74, 6) is -2.61. The minimum atomic E-state index is -1.18. The fourth-order valence-electron chi connectivity index (χ4n) is 1.72. The van der Waals surface area contributed by atoms with Crippen molar-refractivity contribution in [3.63, 3.8) is 0 Å². The Labute approximate surface area is 121 Å². The molecule has 0 bridgehead atoms. The predicted octanol–water partition coefficient (Wildman–Crippen LogP) is 2.99. The molecule has 0 saturated carbocycles. The lowest BCUT2D eigenvalue weighted by Gasteiger charge is -2.27. The molecule has 1 rings (SSSR count). The predicted molar refractivity (Wildman–Crippen MR) is 74.2 cm³/mol. The number of nitrogens with zero attached hydrogens (tertiary/aromatic N) is 1. The molecule has 1 atom stereocenters. The summed E-state index contributed by atoms with van der Waals surface area (Å²) in [5, 5.41) is 11.0. The van der Waals surface area contributed by atoms with Crippen molar-refractivity contribution in [3.8, 4) is 0 Å². The van der Waals surface area contributed by atoms with Gasteiger partial charge in [0, 0.05) is 12.1 Å². The van der Waals surface area contributed by atoms with Gasteiger partial charge in [-0.1, -0.05) is 6.92 Å². The number of urea groups is 1. The first-order valence-electron chi connectivity index (χ1n) is 6.51. The Bertz CT molecular complexity index is 549. The van der Waals surface area contributed by atoms with E-state index in [-0.39, 0.29) is 17.3 Å². The Morgan fingerprint density at radius 3 is 2.48 bits per heavy atom. The van der Waals surface area contributed by atoms with Crippen molar-refractivity contribution in [2.75, 3.05) is 11.9 Å². The summed E-state index contributed by atoms with van der Waals surface area (Å²) >= 11 is 0. The molecule has 2 N–H and O–H groups in total. The maximum absolute atomic E-state index is 13.7. The number of carboxylic acid groups (broad SMARTS) is 1. The van der Waals surface area contributed by atoms with Crippen LogP contribution in [0.1, 0.15) is 25.8 Å². The van der Waals surface area contributed by atoms with Gasteiger partial charge < -0.3 is 15.3 Å². The van der Waals surface area contributed by atoms with Crippen molar-refractivity contribution in [1.29, 1.82) is 0 Å². The third kappa shape index (κ3) is 4.40. The minimum absolute atomic E-state index is 0.120. The zero-order chi connectivity index (χ0) is 16.2. The van der Waals surface area contributed by atoms with Gasteiger partial charge >= 0.3 is 12.0 Å². The number of carbonyl (C=O) groups excluding carboxylic acids is 1. The third-order valence-electron chi connectivity index (χ3n) is 3.18. The largest absolute Gasteiger partial charge is 0.480 e. The van der Waals surface area contributed by atoms with E-state index in [2.05, 4.69) is 5.32 Å². The molecule has 0 saturated heterocycles. The molecular weight excluding hydrogens is 282 g/mol. The average Bonchev–Trinajstić information content (AvgIpc) is 2.41. The van der Waals surface area contributed by atoms with E-state index in [1.165, 1.54) is 6.92 Å². The summed E-state index contributed by atoms with van der Waals surface area (Å²) < 4.78 is 27.1. The lowest BCUT2D eigenvalue weighted by atomic mass is 10.2. The number of amides is 2. The van der Waals surface area contributed by atoms with Gasteiger partial charge in [0.25, 0.3) is 0 Å². The normalized spacial score (nSPS) is 11.9. The summed E-state index contributed by atoms with van der Waals surface area (Å²) in [6.45, 7) is 4.35. The molecule has 1 aromatic carbocycles. The number of aryl methyl sites for hydroxylation is 1. The molecule has 21 heavy (non-hydrogen) atoms. The number of halogens is 2. The van der Waals surface area contributed by atoms with E-state index >= 15 is 0 Å². The van der Waals surface area contributed by atoms with E-state index in [0.717, 1.165) is 17.0 Å². The Morgan fingerprint density at radius 1 is 1.33 bits per heavy atom. The fraction of sp³-hybridized carbons (Fsp3) is 0.429. The molecule has 0 heterocycles. The first-order valence-corrected chi connectivity index (χ1v) is 6.51. The van der Waals surface area contributed by atoms with Crippen molar-refractivity contribution in [2.45, 2.75) is 33.2 Å². The first-order chi connectivity index (χ1) is 9.76. The van der Waals surface area contributed by atoms with Gasteiger partial charge in [-0.05, 0) is 31.9 Å². The molecule has 0 fully saturated rings. The molecule has 0 aliphatic heterocycles. The molecule has 0 aliphatic carbocycles. The van der Waals surface area contributed by atoms with E-state index in [1.54, 1.807) is 13.8 Å². The summed E-state index contributed by atoms with van der Waals surface area (Å²) in [6.07, 6.45) is 0.533. The second-order valence-corrected chi connectivity index (χ2v) is 4.79. The van der Waals surface area contributed by atoms with Gasteiger partial charge in [-0.3, -0.25) is 4.79 Å². The summed E-state index contributed by atoms with van der Waals surface area (Å²) in [5.41, 5.74) is -0.198. The van der Waals surface area contributed by atoms with Crippen LogP contribution in [0.4, 0.5) is 19.3 Å². The van der Waals surface area contributed by atoms with Gasteiger partial charge in [-0.2, -0.15) is 0 Å². The SMILES string of the molecule is CCC(C)N(CC(=O)O)C(=O)Nc1cc(F)c(C)cc1F. The number of hydrogen-bond donors (Lipinski definition) is 2. The van der Waals surface area contributed by atoms with Crippen LogP contribution in [0.15, 0.2) is 12.1 Å². The number of benzene rings is 1. The molecule has 0 aromatic heterocycles. The van der Waals surface area contributed by atoms with E-state index in [1.807, 2.05) is 0 Å². The van der Waals surface area contributed by atoms with Gasteiger partial charge in [-0.15, -0.1) is 0 Å². The lowest BCUT2D eigenvalue weighted by molar-refractivity contribution is -0.138. The number of hydrogen-bond acceptors (Lipinski definition) is 2. The Kier molecular flexibility index (Phi) is 5.63. The van der Waals surface area contributed by atoms with Crippen molar-refractivity contribution < 1.29 is 23.5 Å². The van der Waals surface area contributed by atoms with Crippen molar-refractivity contribution >= 4 is 17.7 Å². The molecule has 2 amide bonds. The number of anilines is 1. The Morgan fingerprint density at radius 2 is 1.95 bits per heavy atom.